The SMILES string of the molecule is Cc1c(F)cc2nc3c(c4c2c1CC[C@@]4(C)COCCOCNC(=O)CNC(=O)C(Cc1ccccc1)NC(=O)CNC=O)Cn1c-3cc2c(c1=O)COC(=O)C2O. The van der Waals surface area contributed by atoms with Crippen molar-refractivity contribution >= 4 is 41.0 Å². The smallest absolute Gasteiger partial charge is 0.340 e. The molecule has 2 aromatic heterocycles. The Balaban J connectivity index is 0.963. The standard InChI is InChI=1S/C41H43FN6O10/c1-22-24-8-9-41(2,19-56-10-11-57-21-45-32(50)16-44-38(53)30(46-33(51)15-43-20-49)12-23-6-4-3-5-7-23)35-26-17-48-31(36(26)47-29(34(24)35)14-28(22)42)13-25-27(39(48)54)18-58-40(55)37(25)52/h3-7,13-14,20,30,37,52H,8-12,15-19,21H2,1-2H3,(H,43,49)(H,44,53)(H,45,50)(H,46,51)/t30?,37?,41-/m0/s1. The third kappa shape index (κ3) is 7.92. The van der Waals surface area contributed by atoms with Crippen LogP contribution in [-0.4, -0.2) is 90.4 Å². The summed E-state index contributed by atoms with van der Waals surface area (Å²) in [5, 5.41) is 21.3. The topological polar surface area (TPSA) is 216 Å². The van der Waals surface area contributed by atoms with Crippen LogP contribution in [0.25, 0.3) is 22.3 Å². The molecule has 2 unspecified atom stereocenters. The molecular weight excluding hydrogens is 755 g/mol. The van der Waals surface area contributed by atoms with Gasteiger partial charge in [-0.15, -0.1) is 0 Å². The van der Waals surface area contributed by atoms with Crippen LogP contribution in [-0.2, 0) is 69.6 Å². The molecule has 304 valence electrons. The lowest BCUT2D eigenvalue weighted by atomic mass is 9.69. The van der Waals surface area contributed by atoms with Gasteiger partial charge in [0.1, 0.15) is 25.2 Å². The number of benzene rings is 2. The number of nitrogens with zero attached hydrogens (tertiary/aromatic N) is 2. The predicted octanol–water partition coefficient (Wildman–Crippen LogP) is 0.863. The van der Waals surface area contributed by atoms with Gasteiger partial charge in [-0.05, 0) is 48.1 Å². The maximum atomic E-state index is 15.2. The first-order chi connectivity index (χ1) is 27.9. The first kappa shape index (κ1) is 40.2. The molecule has 4 heterocycles. The average Bonchev–Trinajstić information content (AvgIpc) is 3.58. The van der Waals surface area contributed by atoms with Crippen LogP contribution < -0.4 is 26.8 Å². The van der Waals surface area contributed by atoms with E-state index in [4.69, 9.17) is 19.2 Å². The summed E-state index contributed by atoms with van der Waals surface area (Å²) in [6.07, 6.45) is 0.140. The second kappa shape index (κ2) is 16.8. The molecule has 0 saturated carbocycles. The number of fused-ring (bicyclic) bond motifs is 5. The van der Waals surface area contributed by atoms with Gasteiger partial charge in [0.2, 0.25) is 24.1 Å². The van der Waals surface area contributed by atoms with Gasteiger partial charge < -0.3 is 45.2 Å². The number of halogens is 1. The zero-order valence-electron chi connectivity index (χ0n) is 31.9. The number of aliphatic hydroxyl groups is 1. The Morgan fingerprint density at radius 3 is 2.62 bits per heavy atom. The molecule has 3 aliphatic rings. The summed E-state index contributed by atoms with van der Waals surface area (Å²) in [4.78, 5) is 78.9. The summed E-state index contributed by atoms with van der Waals surface area (Å²) >= 11 is 0. The molecule has 1 aliphatic carbocycles. The Kier molecular flexibility index (Phi) is 11.6. The highest BCUT2D eigenvalue weighted by molar-refractivity contribution is 5.94. The normalized spacial score (nSPS) is 18.0. The van der Waals surface area contributed by atoms with E-state index in [0.717, 1.165) is 27.6 Å². The highest BCUT2D eigenvalue weighted by Crippen LogP contribution is 2.48. The Hall–Kier alpha value is -6.04. The van der Waals surface area contributed by atoms with Gasteiger partial charge in [0, 0.05) is 34.4 Å². The first-order valence-corrected chi connectivity index (χ1v) is 18.9. The summed E-state index contributed by atoms with van der Waals surface area (Å²) in [5.41, 5.74) is 4.64. The molecule has 16 nitrogen and oxygen atoms in total. The van der Waals surface area contributed by atoms with E-state index >= 15 is 4.39 Å². The lowest BCUT2D eigenvalue weighted by Gasteiger charge is -2.37. The van der Waals surface area contributed by atoms with Gasteiger partial charge in [0.05, 0.1) is 61.9 Å². The number of nitrogens with one attached hydrogen (secondary N) is 4. The van der Waals surface area contributed by atoms with Crippen molar-refractivity contribution in [2.75, 3.05) is 39.6 Å². The number of carbonyl (C=O) groups is 5. The van der Waals surface area contributed by atoms with Crippen LogP contribution in [0, 0.1) is 12.7 Å². The van der Waals surface area contributed by atoms with Crippen LogP contribution in [0.5, 0.6) is 0 Å². The van der Waals surface area contributed by atoms with Gasteiger partial charge in [-0.2, -0.15) is 0 Å². The van der Waals surface area contributed by atoms with Crippen LogP contribution in [0.1, 0.15) is 58.4 Å². The molecule has 5 N–H and O–H groups in total. The fourth-order valence-electron chi connectivity index (χ4n) is 7.99. The minimum Gasteiger partial charge on any atom is -0.458 e. The fourth-order valence-corrected chi connectivity index (χ4v) is 7.99. The maximum absolute atomic E-state index is 15.2. The average molecular weight is 799 g/mol. The monoisotopic (exact) mass is 798 g/mol. The minimum absolute atomic E-state index is 0.128. The van der Waals surface area contributed by atoms with Gasteiger partial charge >= 0.3 is 5.97 Å². The molecule has 0 fully saturated rings. The van der Waals surface area contributed by atoms with E-state index in [1.807, 2.05) is 6.07 Å². The van der Waals surface area contributed by atoms with Crippen LogP contribution in [0.2, 0.25) is 0 Å². The second-order valence-electron chi connectivity index (χ2n) is 14.8. The largest absolute Gasteiger partial charge is 0.458 e. The highest BCUT2D eigenvalue weighted by Gasteiger charge is 2.41. The molecule has 4 amide bonds. The number of esters is 1. The van der Waals surface area contributed by atoms with Crippen molar-refractivity contribution in [1.82, 2.24) is 30.8 Å². The lowest BCUT2D eigenvalue weighted by Crippen LogP contribution is -2.51. The number of rotatable bonds is 16. The second-order valence-corrected chi connectivity index (χ2v) is 14.8. The predicted molar refractivity (Wildman–Crippen MR) is 205 cm³/mol. The summed E-state index contributed by atoms with van der Waals surface area (Å²) < 4.78 is 33.6. The number of carbonyl (C=O) groups excluding carboxylic acids is 5. The summed E-state index contributed by atoms with van der Waals surface area (Å²) in [7, 11) is 0. The molecule has 7 rings (SSSR count). The third-order valence-electron chi connectivity index (χ3n) is 11.0. The van der Waals surface area contributed by atoms with Crippen molar-refractivity contribution < 1.29 is 47.7 Å². The minimum atomic E-state index is -1.60. The van der Waals surface area contributed by atoms with Gasteiger partial charge in [0.15, 0.2) is 6.10 Å². The number of aromatic nitrogens is 2. The number of amides is 4. The van der Waals surface area contributed by atoms with E-state index in [-0.39, 0.29) is 76.2 Å². The molecular formula is C41H43FN6O10. The van der Waals surface area contributed by atoms with Gasteiger partial charge in [-0.1, -0.05) is 37.3 Å². The number of cyclic esters (lactones) is 1. The number of ether oxygens (including phenoxy) is 3. The van der Waals surface area contributed by atoms with Crippen molar-refractivity contribution in [3.8, 4) is 11.4 Å². The molecule has 2 aliphatic heterocycles. The molecule has 58 heavy (non-hydrogen) atoms. The summed E-state index contributed by atoms with van der Waals surface area (Å²) in [5.74, 6) is -2.88. The van der Waals surface area contributed by atoms with E-state index in [2.05, 4.69) is 28.2 Å². The van der Waals surface area contributed by atoms with Crippen LogP contribution in [0.3, 0.4) is 0 Å². The van der Waals surface area contributed by atoms with E-state index in [9.17, 15) is 33.9 Å². The highest BCUT2D eigenvalue weighted by atomic mass is 19.1. The summed E-state index contributed by atoms with van der Waals surface area (Å²) in [6, 6.07) is 11.0. The van der Waals surface area contributed by atoms with E-state index in [0.29, 0.717) is 41.7 Å². The van der Waals surface area contributed by atoms with Crippen LogP contribution in [0.4, 0.5) is 4.39 Å². The summed E-state index contributed by atoms with van der Waals surface area (Å²) in [6.45, 7) is 3.47. The van der Waals surface area contributed by atoms with Crippen molar-refractivity contribution in [2.24, 2.45) is 0 Å². The third-order valence-corrected chi connectivity index (χ3v) is 11.0. The molecule has 0 spiro atoms. The molecule has 3 atom stereocenters. The molecule has 17 heteroatoms. The lowest BCUT2D eigenvalue weighted by molar-refractivity contribution is -0.157. The molecule has 0 bridgehead atoms. The maximum Gasteiger partial charge on any atom is 0.340 e. The zero-order chi connectivity index (χ0) is 41.1. The Morgan fingerprint density at radius 1 is 1.07 bits per heavy atom. The van der Waals surface area contributed by atoms with Crippen molar-refractivity contribution in [3.05, 3.63) is 97.6 Å². The van der Waals surface area contributed by atoms with E-state index in [1.54, 1.807) is 41.8 Å². The number of hydrogen-bond donors (Lipinski definition) is 5. The molecule has 0 radical (unpaired) electrons. The van der Waals surface area contributed by atoms with Crippen molar-refractivity contribution in [1.29, 1.82) is 0 Å². The van der Waals surface area contributed by atoms with Crippen LogP contribution >= 0.6 is 0 Å². The number of hydrogen-bond acceptors (Lipinski definition) is 11. The Labute approximate surface area is 331 Å². The number of aliphatic hydroxyl groups excluding tert-OH is 1. The van der Waals surface area contributed by atoms with Crippen LogP contribution in [0.15, 0.2) is 47.3 Å². The Morgan fingerprint density at radius 2 is 1.84 bits per heavy atom. The van der Waals surface area contributed by atoms with Gasteiger partial charge in [0.25, 0.3) is 5.56 Å². The van der Waals surface area contributed by atoms with E-state index in [1.165, 1.54) is 6.07 Å². The van der Waals surface area contributed by atoms with Crippen molar-refractivity contribution in [3.63, 3.8) is 0 Å². The Bertz CT molecular complexity index is 2370. The zero-order valence-corrected chi connectivity index (χ0v) is 31.9. The fraction of sp³-hybridized carbons (Fsp3) is 0.390. The van der Waals surface area contributed by atoms with Gasteiger partial charge in [-0.3, -0.25) is 24.0 Å². The number of pyridine rings is 2. The number of aryl methyl sites for hydroxylation is 1. The van der Waals surface area contributed by atoms with Gasteiger partial charge in [-0.25, -0.2) is 14.2 Å². The first-order valence-electron chi connectivity index (χ1n) is 18.9. The van der Waals surface area contributed by atoms with Crippen molar-refractivity contribution in [2.45, 2.75) is 63.8 Å². The molecule has 4 aromatic rings. The molecule has 0 saturated heterocycles. The van der Waals surface area contributed by atoms with E-state index < -0.39 is 46.8 Å². The molecule has 2 aromatic carbocycles. The quantitative estimate of drug-likeness (QED) is 0.0409.